The normalized spacial score (nSPS) is 12.1. The first-order valence-corrected chi connectivity index (χ1v) is 7.83. The average molecular weight is 341 g/mol. The molecule has 0 saturated heterocycles. The molecule has 1 unspecified atom stereocenters. The van der Waals surface area contributed by atoms with Gasteiger partial charge in [0.05, 0.1) is 24.9 Å². The van der Waals surface area contributed by atoms with Gasteiger partial charge in [0, 0.05) is 13.6 Å². The Morgan fingerprint density at radius 3 is 2.76 bits per heavy atom. The van der Waals surface area contributed by atoms with Gasteiger partial charge in [0.1, 0.15) is 5.39 Å². The summed E-state index contributed by atoms with van der Waals surface area (Å²) in [6, 6.07) is 9.46. The van der Waals surface area contributed by atoms with Crippen LogP contribution in [0.25, 0.3) is 16.7 Å². The Labute approximate surface area is 144 Å². The number of benzene rings is 1. The molecule has 3 rings (SSSR count). The number of methoxy groups -OCH3 is 1. The van der Waals surface area contributed by atoms with E-state index in [0.29, 0.717) is 23.5 Å². The zero-order valence-corrected chi connectivity index (χ0v) is 14.3. The van der Waals surface area contributed by atoms with Crippen LogP contribution in [0.1, 0.15) is 6.92 Å². The molecule has 0 radical (unpaired) electrons. The minimum absolute atomic E-state index is 0.278. The molecule has 8 heteroatoms. The number of H-pyrrole nitrogens is 1. The summed E-state index contributed by atoms with van der Waals surface area (Å²) in [4.78, 5) is 32.9. The number of aromatic amines is 1. The summed E-state index contributed by atoms with van der Waals surface area (Å²) in [5, 5.41) is 4.68. The van der Waals surface area contributed by atoms with Crippen LogP contribution in [-0.4, -0.2) is 46.4 Å². The van der Waals surface area contributed by atoms with Gasteiger partial charge in [0.15, 0.2) is 5.65 Å². The second-order valence-electron chi connectivity index (χ2n) is 5.82. The molecule has 1 atom stereocenters. The van der Waals surface area contributed by atoms with Crippen molar-refractivity contribution in [2.24, 2.45) is 5.92 Å². The second-order valence-corrected chi connectivity index (χ2v) is 5.82. The SMILES string of the molecule is COC(=O)C(C)CN(C)c1nc2c(cnn2-c2ccccc2)c(=O)[nH]1. The molecule has 2 heterocycles. The van der Waals surface area contributed by atoms with E-state index in [1.54, 1.807) is 23.6 Å². The van der Waals surface area contributed by atoms with E-state index in [4.69, 9.17) is 4.74 Å². The molecule has 1 N–H and O–H groups in total. The van der Waals surface area contributed by atoms with Crippen molar-refractivity contribution in [3.63, 3.8) is 0 Å². The molecule has 0 aliphatic heterocycles. The molecule has 0 amide bonds. The molecule has 0 fully saturated rings. The van der Waals surface area contributed by atoms with Crippen LogP contribution in [0.5, 0.6) is 0 Å². The van der Waals surface area contributed by atoms with Crippen molar-refractivity contribution < 1.29 is 9.53 Å². The summed E-state index contributed by atoms with van der Waals surface area (Å²) < 4.78 is 6.35. The number of nitrogens with one attached hydrogen (secondary N) is 1. The Kier molecular flexibility index (Phi) is 4.51. The fourth-order valence-electron chi connectivity index (χ4n) is 2.62. The molecule has 130 valence electrons. The lowest BCUT2D eigenvalue weighted by molar-refractivity contribution is -0.144. The minimum Gasteiger partial charge on any atom is -0.469 e. The molecular weight excluding hydrogens is 322 g/mol. The maximum Gasteiger partial charge on any atom is 0.310 e. The number of para-hydroxylation sites is 1. The van der Waals surface area contributed by atoms with Gasteiger partial charge < -0.3 is 9.64 Å². The number of rotatable bonds is 5. The van der Waals surface area contributed by atoms with Crippen LogP contribution in [-0.2, 0) is 9.53 Å². The predicted octanol–water partition coefficient (Wildman–Crippen LogP) is 1.35. The van der Waals surface area contributed by atoms with Crippen molar-refractivity contribution in [2.75, 3.05) is 25.6 Å². The number of nitrogens with zero attached hydrogens (tertiary/aromatic N) is 4. The highest BCUT2D eigenvalue weighted by molar-refractivity contribution is 5.76. The van der Waals surface area contributed by atoms with Crippen LogP contribution in [0.4, 0.5) is 5.95 Å². The van der Waals surface area contributed by atoms with Crippen LogP contribution < -0.4 is 10.5 Å². The number of hydrogen-bond donors (Lipinski definition) is 1. The summed E-state index contributed by atoms with van der Waals surface area (Å²) >= 11 is 0. The Balaban J connectivity index is 2.00. The summed E-state index contributed by atoms with van der Waals surface area (Å²) in [7, 11) is 3.11. The molecule has 2 aromatic heterocycles. The van der Waals surface area contributed by atoms with Crippen LogP contribution >= 0.6 is 0 Å². The first-order valence-electron chi connectivity index (χ1n) is 7.83. The zero-order valence-electron chi connectivity index (χ0n) is 14.3. The molecule has 0 aliphatic carbocycles. The van der Waals surface area contributed by atoms with E-state index in [1.807, 2.05) is 30.3 Å². The highest BCUT2D eigenvalue weighted by atomic mass is 16.5. The first kappa shape index (κ1) is 16.7. The summed E-state index contributed by atoms with van der Waals surface area (Å²) in [6.07, 6.45) is 1.50. The predicted molar refractivity (Wildman–Crippen MR) is 93.9 cm³/mol. The Bertz CT molecular complexity index is 948. The number of fused-ring (bicyclic) bond motifs is 1. The lowest BCUT2D eigenvalue weighted by atomic mass is 10.2. The van der Waals surface area contributed by atoms with Crippen LogP contribution in [0.3, 0.4) is 0 Å². The third-order valence-electron chi connectivity index (χ3n) is 3.94. The Morgan fingerprint density at radius 2 is 2.08 bits per heavy atom. The number of ether oxygens (including phenoxy) is 1. The van der Waals surface area contributed by atoms with E-state index >= 15 is 0 Å². The van der Waals surface area contributed by atoms with Crippen molar-refractivity contribution in [1.29, 1.82) is 0 Å². The fraction of sp³-hybridized carbons (Fsp3) is 0.294. The molecule has 0 spiro atoms. The second kappa shape index (κ2) is 6.76. The third-order valence-corrected chi connectivity index (χ3v) is 3.94. The smallest absolute Gasteiger partial charge is 0.310 e. The first-order chi connectivity index (χ1) is 12.0. The van der Waals surface area contributed by atoms with Crippen LogP contribution in [0.2, 0.25) is 0 Å². The summed E-state index contributed by atoms with van der Waals surface area (Å²) in [6.45, 7) is 2.12. The number of carbonyl (C=O) groups excluding carboxylic acids is 1. The average Bonchev–Trinajstić information content (AvgIpc) is 3.06. The minimum atomic E-state index is -0.352. The Morgan fingerprint density at radius 1 is 1.36 bits per heavy atom. The molecule has 0 aliphatic rings. The molecule has 0 saturated carbocycles. The summed E-state index contributed by atoms with van der Waals surface area (Å²) in [5.41, 5.74) is 0.995. The lowest BCUT2D eigenvalue weighted by Gasteiger charge is -2.20. The number of aromatic nitrogens is 4. The zero-order chi connectivity index (χ0) is 18.0. The topological polar surface area (TPSA) is 93.1 Å². The van der Waals surface area contributed by atoms with E-state index in [9.17, 15) is 9.59 Å². The van der Waals surface area contributed by atoms with E-state index in [-0.39, 0.29) is 17.4 Å². The maximum absolute atomic E-state index is 12.4. The molecule has 3 aromatic rings. The van der Waals surface area contributed by atoms with Crippen molar-refractivity contribution in [2.45, 2.75) is 6.92 Å². The van der Waals surface area contributed by atoms with Gasteiger partial charge in [0.2, 0.25) is 5.95 Å². The summed E-state index contributed by atoms with van der Waals surface area (Å²) in [5.74, 6) is -0.300. The van der Waals surface area contributed by atoms with Gasteiger partial charge in [-0.15, -0.1) is 0 Å². The monoisotopic (exact) mass is 341 g/mol. The van der Waals surface area contributed by atoms with Crippen LogP contribution in [0, 0.1) is 5.92 Å². The van der Waals surface area contributed by atoms with Crippen molar-refractivity contribution >= 4 is 23.0 Å². The van der Waals surface area contributed by atoms with E-state index < -0.39 is 0 Å². The van der Waals surface area contributed by atoms with E-state index in [1.165, 1.54) is 13.3 Å². The Hall–Kier alpha value is -3.16. The van der Waals surface area contributed by atoms with Gasteiger partial charge in [-0.3, -0.25) is 14.6 Å². The molecule has 25 heavy (non-hydrogen) atoms. The standard InChI is InChI=1S/C17H19N5O3/c1-11(16(24)25-3)10-21(2)17-19-14-13(15(23)20-17)9-18-22(14)12-7-5-4-6-8-12/h4-9,11H,10H2,1-3H3,(H,19,20,23). The fourth-order valence-corrected chi connectivity index (χ4v) is 2.62. The van der Waals surface area contributed by atoms with Gasteiger partial charge in [0.25, 0.3) is 5.56 Å². The van der Waals surface area contributed by atoms with Crippen molar-refractivity contribution in [1.82, 2.24) is 19.7 Å². The number of anilines is 1. The highest BCUT2D eigenvalue weighted by Crippen LogP contribution is 2.16. The number of esters is 1. The molecular formula is C17H19N5O3. The van der Waals surface area contributed by atoms with Gasteiger partial charge in [-0.2, -0.15) is 10.1 Å². The van der Waals surface area contributed by atoms with Gasteiger partial charge >= 0.3 is 5.97 Å². The largest absolute Gasteiger partial charge is 0.469 e. The number of carbonyl (C=O) groups is 1. The number of hydrogen-bond acceptors (Lipinski definition) is 6. The third kappa shape index (κ3) is 3.23. The lowest BCUT2D eigenvalue weighted by Crippen LogP contribution is -2.31. The molecule has 1 aromatic carbocycles. The molecule has 8 nitrogen and oxygen atoms in total. The molecule has 0 bridgehead atoms. The van der Waals surface area contributed by atoms with Crippen molar-refractivity contribution in [3.8, 4) is 5.69 Å². The van der Waals surface area contributed by atoms with Gasteiger partial charge in [-0.05, 0) is 12.1 Å². The van der Waals surface area contributed by atoms with Gasteiger partial charge in [-0.25, -0.2) is 4.68 Å². The van der Waals surface area contributed by atoms with Gasteiger partial charge in [-0.1, -0.05) is 25.1 Å². The maximum atomic E-state index is 12.4. The highest BCUT2D eigenvalue weighted by Gasteiger charge is 2.18. The quantitative estimate of drug-likeness (QED) is 0.704. The van der Waals surface area contributed by atoms with Crippen LogP contribution in [0.15, 0.2) is 41.3 Å². The van der Waals surface area contributed by atoms with Crippen molar-refractivity contribution in [3.05, 3.63) is 46.9 Å². The van der Waals surface area contributed by atoms with E-state index in [0.717, 1.165) is 5.69 Å². The van der Waals surface area contributed by atoms with E-state index in [2.05, 4.69) is 15.1 Å².